The summed E-state index contributed by atoms with van der Waals surface area (Å²) in [7, 11) is 0. The van der Waals surface area contributed by atoms with Gasteiger partial charge in [0.1, 0.15) is 11.4 Å². The van der Waals surface area contributed by atoms with Gasteiger partial charge in [0, 0.05) is 21.2 Å². The van der Waals surface area contributed by atoms with Gasteiger partial charge in [-0.25, -0.2) is 4.98 Å². The molecular formula is C16H9Cl2F3N4. The molecule has 0 saturated heterocycles. The molecule has 0 amide bonds. The van der Waals surface area contributed by atoms with Crippen LogP contribution in [0.3, 0.4) is 0 Å². The van der Waals surface area contributed by atoms with Gasteiger partial charge in [-0.15, -0.1) is 10.2 Å². The fourth-order valence-electron chi connectivity index (χ4n) is 2.23. The van der Waals surface area contributed by atoms with Crippen LogP contribution in [0.1, 0.15) is 5.56 Å². The van der Waals surface area contributed by atoms with Gasteiger partial charge in [-0.2, -0.15) is 13.2 Å². The lowest BCUT2D eigenvalue weighted by Crippen LogP contribution is -2.06. The Balaban J connectivity index is 2.22. The summed E-state index contributed by atoms with van der Waals surface area (Å²) in [5, 5.41) is 7.99. The summed E-state index contributed by atoms with van der Waals surface area (Å²) >= 11 is 11.7. The van der Waals surface area contributed by atoms with Crippen molar-refractivity contribution in [1.82, 2.24) is 15.2 Å². The lowest BCUT2D eigenvalue weighted by Gasteiger charge is -2.12. The molecule has 2 N–H and O–H groups in total. The second-order valence-electron chi connectivity index (χ2n) is 5.10. The highest BCUT2D eigenvalue weighted by Crippen LogP contribution is 2.36. The molecule has 4 nitrogen and oxygen atoms in total. The summed E-state index contributed by atoms with van der Waals surface area (Å²) in [4.78, 5) is 4.11. The van der Waals surface area contributed by atoms with Crippen LogP contribution in [0, 0.1) is 0 Å². The number of halogens is 5. The normalized spacial score (nSPS) is 11.6. The van der Waals surface area contributed by atoms with Crippen LogP contribution in [0.5, 0.6) is 0 Å². The van der Waals surface area contributed by atoms with Crippen LogP contribution < -0.4 is 5.73 Å². The summed E-state index contributed by atoms with van der Waals surface area (Å²) < 4.78 is 39.2. The van der Waals surface area contributed by atoms with E-state index >= 15 is 0 Å². The molecule has 0 aliphatic carbocycles. The average Bonchev–Trinajstić information content (AvgIpc) is 2.54. The van der Waals surface area contributed by atoms with Crippen LogP contribution in [-0.4, -0.2) is 15.2 Å². The van der Waals surface area contributed by atoms with Crippen LogP contribution >= 0.6 is 23.2 Å². The Morgan fingerprint density at radius 2 is 1.48 bits per heavy atom. The number of aromatic nitrogens is 3. The van der Waals surface area contributed by atoms with E-state index in [-0.39, 0.29) is 27.9 Å². The molecule has 1 heterocycles. The summed E-state index contributed by atoms with van der Waals surface area (Å²) in [6.45, 7) is 0. The highest BCUT2D eigenvalue weighted by molar-refractivity contribution is 6.31. The minimum Gasteiger partial charge on any atom is -0.366 e. The van der Waals surface area contributed by atoms with Crippen molar-refractivity contribution >= 4 is 29.2 Å². The molecule has 0 fully saturated rings. The number of benzene rings is 2. The van der Waals surface area contributed by atoms with E-state index in [1.807, 2.05) is 0 Å². The van der Waals surface area contributed by atoms with Gasteiger partial charge >= 0.3 is 6.18 Å². The Bertz CT molecular complexity index is 928. The van der Waals surface area contributed by atoms with E-state index in [4.69, 9.17) is 28.9 Å². The lowest BCUT2D eigenvalue weighted by atomic mass is 10.0. The maximum atomic E-state index is 13.1. The van der Waals surface area contributed by atoms with Crippen LogP contribution in [0.2, 0.25) is 10.0 Å². The molecule has 25 heavy (non-hydrogen) atoms. The van der Waals surface area contributed by atoms with E-state index in [2.05, 4.69) is 15.2 Å². The highest BCUT2D eigenvalue weighted by Gasteiger charge is 2.31. The van der Waals surface area contributed by atoms with Crippen molar-refractivity contribution in [3.8, 4) is 22.5 Å². The van der Waals surface area contributed by atoms with Crippen molar-refractivity contribution in [3.63, 3.8) is 0 Å². The van der Waals surface area contributed by atoms with E-state index in [1.165, 1.54) is 6.07 Å². The van der Waals surface area contributed by atoms with Crippen LogP contribution in [0.25, 0.3) is 22.5 Å². The van der Waals surface area contributed by atoms with Gasteiger partial charge in [-0.3, -0.25) is 0 Å². The number of hydrogen-bond donors (Lipinski definition) is 1. The smallest absolute Gasteiger partial charge is 0.366 e. The fraction of sp³-hybridized carbons (Fsp3) is 0.0625. The Morgan fingerprint density at radius 1 is 0.800 bits per heavy atom. The van der Waals surface area contributed by atoms with Crippen LogP contribution in [-0.2, 0) is 6.18 Å². The molecule has 128 valence electrons. The fourth-order valence-corrected chi connectivity index (χ4v) is 2.59. The summed E-state index contributed by atoms with van der Waals surface area (Å²) in [5.74, 6) is -0.105. The van der Waals surface area contributed by atoms with Crippen molar-refractivity contribution in [2.75, 3.05) is 5.73 Å². The Hall–Kier alpha value is -2.38. The summed E-state index contributed by atoms with van der Waals surface area (Å²) in [6, 6.07) is 9.70. The zero-order valence-electron chi connectivity index (χ0n) is 12.4. The minimum atomic E-state index is -4.55. The van der Waals surface area contributed by atoms with Gasteiger partial charge < -0.3 is 5.73 Å². The number of hydrogen-bond acceptors (Lipinski definition) is 4. The molecule has 0 unspecified atom stereocenters. The van der Waals surface area contributed by atoms with E-state index < -0.39 is 11.7 Å². The average molecular weight is 385 g/mol. The van der Waals surface area contributed by atoms with E-state index in [1.54, 1.807) is 24.3 Å². The molecule has 0 bridgehead atoms. The molecule has 0 aliphatic heterocycles. The van der Waals surface area contributed by atoms with Crippen LogP contribution in [0.15, 0.2) is 42.5 Å². The van der Waals surface area contributed by atoms with Crippen molar-refractivity contribution in [1.29, 1.82) is 0 Å². The second kappa shape index (κ2) is 6.50. The van der Waals surface area contributed by atoms with Crippen molar-refractivity contribution in [2.24, 2.45) is 0 Å². The van der Waals surface area contributed by atoms with Crippen molar-refractivity contribution in [3.05, 3.63) is 58.1 Å². The minimum absolute atomic E-state index is 0.0782. The largest absolute Gasteiger partial charge is 0.416 e. The molecule has 2 aromatic carbocycles. The predicted octanol–water partition coefficient (Wildman–Crippen LogP) is 5.11. The van der Waals surface area contributed by atoms with Gasteiger partial charge in [-0.05, 0) is 30.3 Å². The first-order valence-corrected chi connectivity index (χ1v) is 7.64. The Kier molecular flexibility index (Phi) is 4.53. The van der Waals surface area contributed by atoms with E-state index in [9.17, 15) is 13.2 Å². The Labute approximate surface area is 150 Å². The molecule has 0 aliphatic rings. The third kappa shape index (κ3) is 3.83. The van der Waals surface area contributed by atoms with Gasteiger partial charge in [0.25, 0.3) is 0 Å². The zero-order chi connectivity index (χ0) is 18.2. The predicted molar refractivity (Wildman–Crippen MR) is 90.1 cm³/mol. The summed E-state index contributed by atoms with van der Waals surface area (Å²) in [5.41, 5.74) is 5.81. The molecular weight excluding hydrogens is 376 g/mol. The molecule has 0 spiro atoms. The number of nitrogens with zero attached hydrogens (tertiary/aromatic N) is 3. The third-order valence-electron chi connectivity index (χ3n) is 3.32. The first-order valence-electron chi connectivity index (χ1n) is 6.88. The number of nitrogens with two attached hydrogens (primary N) is 1. The van der Waals surface area contributed by atoms with E-state index in [0.29, 0.717) is 10.6 Å². The number of alkyl halides is 3. The van der Waals surface area contributed by atoms with Gasteiger partial charge in [0.15, 0.2) is 0 Å². The molecule has 9 heteroatoms. The monoisotopic (exact) mass is 384 g/mol. The third-order valence-corrected chi connectivity index (χ3v) is 3.79. The first kappa shape index (κ1) is 17.4. The van der Waals surface area contributed by atoms with Crippen LogP contribution in [0.4, 0.5) is 19.1 Å². The highest BCUT2D eigenvalue weighted by atomic mass is 35.5. The van der Waals surface area contributed by atoms with Gasteiger partial charge in [0.2, 0.25) is 5.95 Å². The van der Waals surface area contributed by atoms with Gasteiger partial charge in [-0.1, -0.05) is 35.3 Å². The molecule has 0 radical (unpaired) electrons. The van der Waals surface area contributed by atoms with Gasteiger partial charge in [0.05, 0.1) is 5.56 Å². The zero-order valence-corrected chi connectivity index (χ0v) is 13.9. The number of nitrogen functional groups attached to an aromatic ring is 1. The molecule has 0 saturated carbocycles. The van der Waals surface area contributed by atoms with Crippen molar-refractivity contribution < 1.29 is 13.2 Å². The molecule has 0 atom stereocenters. The number of rotatable bonds is 2. The summed E-state index contributed by atoms with van der Waals surface area (Å²) in [6.07, 6.45) is -4.55. The molecule has 3 rings (SSSR count). The number of anilines is 1. The van der Waals surface area contributed by atoms with Crippen molar-refractivity contribution in [2.45, 2.75) is 6.18 Å². The lowest BCUT2D eigenvalue weighted by molar-refractivity contribution is -0.137. The quantitative estimate of drug-likeness (QED) is 0.666. The molecule has 1 aromatic heterocycles. The van der Waals surface area contributed by atoms with E-state index in [0.717, 1.165) is 12.1 Å². The first-order chi connectivity index (χ1) is 11.7. The Morgan fingerprint density at radius 3 is 2.12 bits per heavy atom. The maximum Gasteiger partial charge on any atom is 0.416 e. The topological polar surface area (TPSA) is 64.7 Å². The molecule has 3 aromatic rings. The second-order valence-corrected chi connectivity index (χ2v) is 5.97. The standard InChI is InChI=1S/C16H9Cl2F3N4/c17-11-3-1-8(2-4-11)13-14(24-25-15(22)23-13)9-5-10(16(19,20)21)7-12(18)6-9/h1-7H,(H2,22,23,25). The maximum absolute atomic E-state index is 13.1. The SMILES string of the molecule is Nc1nnc(-c2cc(Cl)cc(C(F)(F)F)c2)c(-c2ccc(Cl)cc2)n1.